The van der Waals surface area contributed by atoms with E-state index in [1.54, 1.807) is 0 Å². The minimum atomic E-state index is -0.442. The number of ether oxygens (including phenoxy) is 1. The lowest BCUT2D eigenvalue weighted by Gasteiger charge is -2.35. The summed E-state index contributed by atoms with van der Waals surface area (Å²) in [6.07, 6.45) is 8.55. The van der Waals surface area contributed by atoms with Crippen molar-refractivity contribution in [1.82, 2.24) is 9.80 Å². The van der Waals surface area contributed by atoms with E-state index in [2.05, 4.69) is 53.5 Å². The zero-order valence-electron chi connectivity index (χ0n) is 17.9. The van der Waals surface area contributed by atoms with E-state index >= 15 is 0 Å². The van der Waals surface area contributed by atoms with Gasteiger partial charge in [-0.05, 0) is 55.4 Å². The van der Waals surface area contributed by atoms with Crippen LogP contribution >= 0.6 is 0 Å². The highest BCUT2D eigenvalue weighted by atomic mass is 16.5. The molecule has 0 aromatic heterocycles. The second kappa shape index (κ2) is 9.94. The molecule has 0 bridgehead atoms. The zero-order valence-corrected chi connectivity index (χ0v) is 17.9. The molecule has 0 unspecified atom stereocenters. The minimum absolute atomic E-state index is 0.0999. The highest BCUT2D eigenvalue weighted by Crippen LogP contribution is 2.30. The molecule has 0 saturated carbocycles. The molecule has 0 spiro atoms. The molecule has 2 aromatic rings. The van der Waals surface area contributed by atoms with Crippen LogP contribution in [0, 0.1) is 0 Å². The van der Waals surface area contributed by atoms with Crippen molar-refractivity contribution in [2.75, 3.05) is 32.7 Å². The van der Waals surface area contributed by atoms with Crippen molar-refractivity contribution in [3.05, 3.63) is 71.3 Å². The third-order valence-electron chi connectivity index (χ3n) is 6.16. The fourth-order valence-electron chi connectivity index (χ4n) is 4.41. The van der Waals surface area contributed by atoms with Crippen LogP contribution < -0.4 is 4.74 Å². The van der Waals surface area contributed by atoms with Gasteiger partial charge in [0.05, 0.1) is 0 Å². The van der Waals surface area contributed by atoms with Crippen molar-refractivity contribution in [2.45, 2.75) is 38.7 Å². The normalized spacial score (nSPS) is 18.2. The average molecular weight is 405 g/mol. The number of carbonyl (C=O) groups excluding carboxylic acids is 1. The topological polar surface area (TPSA) is 32.8 Å². The summed E-state index contributed by atoms with van der Waals surface area (Å²) in [4.78, 5) is 17.3. The van der Waals surface area contributed by atoms with Crippen molar-refractivity contribution in [3.8, 4) is 5.75 Å². The first kappa shape index (κ1) is 20.7. The molecule has 158 valence electrons. The lowest BCUT2D eigenvalue weighted by molar-refractivity contribution is -0.139. The number of hydrogen-bond acceptors (Lipinski definition) is 3. The minimum Gasteiger partial charge on any atom is -0.481 e. The number of rotatable bonds is 6. The standard InChI is InChI=1S/C26H32N2O2/c1-21(30-25-15-7-13-23-12-5-6-14-24(23)25)26(29)28-19-17-27(18-20-28)16-8-11-22-9-3-2-4-10-22/h2-4,7-11,13,15,21H,5-6,12,14,16-20H2,1H3/b11-8+/t21-/m1/s1. The van der Waals surface area contributed by atoms with E-state index in [1.807, 2.05) is 24.0 Å². The van der Waals surface area contributed by atoms with Crippen LogP contribution in [-0.4, -0.2) is 54.5 Å². The molecular formula is C26H32N2O2. The summed E-state index contributed by atoms with van der Waals surface area (Å²) in [6, 6.07) is 16.6. The molecule has 1 aliphatic heterocycles. The molecule has 4 rings (SSSR count). The van der Waals surface area contributed by atoms with Gasteiger partial charge in [-0.25, -0.2) is 0 Å². The van der Waals surface area contributed by atoms with Crippen LogP contribution in [0.4, 0.5) is 0 Å². The first-order chi connectivity index (χ1) is 14.7. The summed E-state index contributed by atoms with van der Waals surface area (Å²) in [6.45, 7) is 6.13. The summed E-state index contributed by atoms with van der Waals surface area (Å²) in [7, 11) is 0. The fraction of sp³-hybridized carbons (Fsp3) is 0.423. The van der Waals surface area contributed by atoms with Gasteiger partial charge in [-0.2, -0.15) is 0 Å². The number of piperazine rings is 1. The van der Waals surface area contributed by atoms with Crippen LogP contribution in [0.5, 0.6) is 5.75 Å². The quantitative estimate of drug-likeness (QED) is 0.724. The van der Waals surface area contributed by atoms with E-state index in [-0.39, 0.29) is 5.91 Å². The third-order valence-corrected chi connectivity index (χ3v) is 6.16. The Morgan fingerprint density at radius 1 is 1.00 bits per heavy atom. The molecule has 1 fully saturated rings. The molecule has 1 atom stereocenters. The molecule has 2 aliphatic rings. The maximum atomic E-state index is 12.9. The number of aryl methyl sites for hydroxylation is 1. The monoisotopic (exact) mass is 404 g/mol. The van der Waals surface area contributed by atoms with Crippen molar-refractivity contribution >= 4 is 12.0 Å². The highest BCUT2D eigenvalue weighted by Gasteiger charge is 2.26. The van der Waals surface area contributed by atoms with Gasteiger partial charge < -0.3 is 9.64 Å². The van der Waals surface area contributed by atoms with E-state index < -0.39 is 6.10 Å². The summed E-state index contributed by atoms with van der Waals surface area (Å²) in [5.41, 5.74) is 3.91. The summed E-state index contributed by atoms with van der Waals surface area (Å²) in [5, 5.41) is 0. The van der Waals surface area contributed by atoms with Crippen molar-refractivity contribution < 1.29 is 9.53 Å². The number of nitrogens with zero attached hydrogens (tertiary/aromatic N) is 2. The van der Waals surface area contributed by atoms with Gasteiger partial charge in [0.1, 0.15) is 5.75 Å². The highest BCUT2D eigenvalue weighted by molar-refractivity contribution is 5.81. The number of hydrogen-bond donors (Lipinski definition) is 0. The molecule has 30 heavy (non-hydrogen) atoms. The Morgan fingerprint density at radius 3 is 2.57 bits per heavy atom. The fourth-order valence-corrected chi connectivity index (χ4v) is 4.41. The predicted octanol–water partition coefficient (Wildman–Crippen LogP) is 4.19. The number of carbonyl (C=O) groups is 1. The van der Waals surface area contributed by atoms with Gasteiger partial charge in [-0.3, -0.25) is 9.69 Å². The Kier molecular flexibility index (Phi) is 6.85. The first-order valence-electron chi connectivity index (χ1n) is 11.2. The van der Waals surface area contributed by atoms with Gasteiger partial charge in [0.2, 0.25) is 0 Å². The van der Waals surface area contributed by atoms with Gasteiger partial charge in [0, 0.05) is 32.7 Å². The molecule has 1 heterocycles. The van der Waals surface area contributed by atoms with E-state index in [9.17, 15) is 4.79 Å². The molecule has 1 aliphatic carbocycles. The number of benzene rings is 2. The largest absolute Gasteiger partial charge is 0.481 e. The molecule has 4 heteroatoms. The second-order valence-electron chi connectivity index (χ2n) is 8.30. The summed E-state index contributed by atoms with van der Waals surface area (Å²) < 4.78 is 6.15. The van der Waals surface area contributed by atoms with E-state index in [1.165, 1.54) is 29.5 Å². The van der Waals surface area contributed by atoms with E-state index in [4.69, 9.17) is 4.74 Å². The van der Waals surface area contributed by atoms with Crippen LogP contribution in [0.1, 0.15) is 36.5 Å². The van der Waals surface area contributed by atoms with Crippen LogP contribution in [0.25, 0.3) is 6.08 Å². The van der Waals surface area contributed by atoms with E-state index in [0.717, 1.165) is 51.3 Å². The van der Waals surface area contributed by atoms with Crippen molar-refractivity contribution in [1.29, 1.82) is 0 Å². The second-order valence-corrected chi connectivity index (χ2v) is 8.30. The predicted molar refractivity (Wildman–Crippen MR) is 122 cm³/mol. The van der Waals surface area contributed by atoms with Crippen LogP contribution in [0.2, 0.25) is 0 Å². The van der Waals surface area contributed by atoms with Gasteiger partial charge in [-0.15, -0.1) is 0 Å². The van der Waals surface area contributed by atoms with Crippen molar-refractivity contribution in [3.63, 3.8) is 0 Å². The molecule has 1 amide bonds. The van der Waals surface area contributed by atoms with Gasteiger partial charge in [0.25, 0.3) is 5.91 Å². The molecule has 4 nitrogen and oxygen atoms in total. The zero-order chi connectivity index (χ0) is 20.8. The summed E-state index contributed by atoms with van der Waals surface area (Å²) in [5.74, 6) is 1.00. The number of amides is 1. The molecule has 2 aromatic carbocycles. The first-order valence-corrected chi connectivity index (χ1v) is 11.2. The smallest absolute Gasteiger partial charge is 0.263 e. The van der Waals surface area contributed by atoms with Crippen molar-refractivity contribution in [2.24, 2.45) is 0 Å². The van der Waals surface area contributed by atoms with Gasteiger partial charge >= 0.3 is 0 Å². The molecule has 0 radical (unpaired) electrons. The molecule has 1 saturated heterocycles. The lowest BCUT2D eigenvalue weighted by Crippen LogP contribution is -2.51. The van der Waals surface area contributed by atoms with Crippen LogP contribution in [0.3, 0.4) is 0 Å². The Labute approximate surface area is 180 Å². The van der Waals surface area contributed by atoms with Gasteiger partial charge in [0.15, 0.2) is 6.10 Å². The number of fused-ring (bicyclic) bond motifs is 1. The van der Waals surface area contributed by atoms with Crippen LogP contribution in [0.15, 0.2) is 54.6 Å². The Morgan fingerprint density at radius 2 is 1.77 bits per heavy atom. The lowest BCUT2D eigenvalue weighted by atomic mass is 9.91. The Balaban J connectivity index is 1.26. The maximum Gasteiger partial charge on any atom is 0.263 e. The Bertz CT molecular complexity index is 870. The Hall–Kier alpha value is -2.59. The van der Waals surface area contributed by atoms with Gasteiger partial charge in [-0.1, -0.05) is 54.6 Å². The maximum absolute atomic E-state index is 12.9. The third kappa shape index (κ3) is 5.11. The average Bonchev–Trinajstić information content (AvgIpc) is 2.80. The summed E-state index contributed by atoms with van der Waals surface area (Å²) >= 11 is 0. The van der Waals surface area contributed by atoms with E-state index in [0.29, 0.717) is 0 Å². The molecular weight excluding hydrogens is 372 g/mol. The SMILES string of the molecule is C[C@@H](Oc1cccc2c1CCCC2)C(=O)N1CCN(C/C=C/c2ccccc2)CC1. The van der Waals surface area contributed by atoms with Crippen LogP contribution in [-0.2, 0) is 17.6 Å². The molecule has 0 N–H and O–H groups in total.